The fourth-order valence-corrected chi connectivity index (χ4v) is 0.837. The van der Waals surface area contributed by atoms with Crippen molar-refractivity contribution in [2.45, 2.75) is 40.2 Å². The zero-order valence-corrected chi connectivity index (χ0v) is 10.0. The maximum atomic E-state index is 11.4. The molecule has 0 bridgehead atoms. The molecular formula is C11H19NO3. The fourth-order valence-electron chi connectivity index (χ4n) is 0.837. The van der Waals surface area contributed by atoms with E-state index >= 15 is 0 Å². The number of alkyl carbamates (subject to hydrolysis) is 1. The molecule has 0 rings (SSSR count). The maximum absolute atomic E-state index is 11.4. The molecule has 0 aliphatic rings. The smallest absolute Gasteiger partial charge is 0.412 e. The second-order valence-electron chi connectivity index (χ2n) is 4.62. The molecule has 4 heteroatoms. The van der Waals surface area contributed by atoms with Gasteiger partial charge >= 0.3 is 6.09 Å². The first kappa shape index (κ1) is 13.7. The van der Waals surface area contributed by atoms with E-state index in [2.05, 4.69) is 11.9 Å². The highest BCUT2D eigenvalue weighted by Crippen LogP contribution is 2.08. The number of carbonyl (C=O) groups is 2. The third-order valence-electron chi connectivity index (χ3n) is 1.47. The van der Waals surface area contributed by atoms with Crippen molar-refractivity contribution in [3.05, 3.63) is 12.3 Å². The Bertz CT molecular complexity index is 274. The van der Waals surface area contributed by atoms with Crippen LogP contribution in [0.3, 0.4) is 0 Å². The molecule has 15 heavy (non-hydrogen) atoms. The summed E-state index contributed by atoms with van der Waals surface area (Å²) in [5.41, 5.74) is -0.509. The molecule has 1 N–H and O–H groups in total. The van der Waals surface area contributed by atoms with E-state index < -0.39 is 11.7 Å². The zero-order chi connectivity index (χ0) is 12.2. The Morgan fingerprint density at radius 1 is 1.27 bits per heavy atom. The molecule has 0 atom stereocenters. The number of Topliss-reactive ketones (excluding diaryl/α,β-unsaturated/α-hetero) is 1. The number of rotatable bonds is 3. The molecule has 0 aliphatic carbocycles. The molecule has 0 aliphatic heterocycles. The third-order valence-corrected chi connectivity index (χ3v) is 1.47. The lowest BCUT2D eigenvalue weighted by Crippen LogP contribution is -2.34. The Labute approximate surface area is 90.7 Å². The fraction of sp³-hybridized carbons (Fsp3) is 0.636. The van der Waals surface area contributed by atoms with E-state index in [1.807, 2.05) is 0 Å². The maximum Gasteiger partial charge on any atom is 0.412 e. The van der Waals surface area contributed by atoms with Crippen LogP contribution in [0.2, 0.25) is 0 Å². The standard InChI is InChI=1S/C11H19NO3/c1-7(2)9(13)8(3)12-10(14)15-11(4,5)6/h7H,3H2,1-2,4-6H3,(H,12,14). The molecule has 0 aromatic carbocycles. The summed E-state index contributed by atoms with van der Waals surface area (Å²) in [6, 6.07) is 0. The van der Waals surface area contributed by atoms with E-state index in [9.17, 15) is 9.59 Å². The van der Waals surface area contributed by atoms with Crippen molar-refractivity contribution in [2.75, 3.05) is 0 Å². The van der Waals surface area contributed by atoms with Gasteiger partial charge < -0.3 is 4.74 Å². The van der Waals surface area contributed by atoms with Crippen molar-refractivity contribution >= 4 is 11.9 Å². The van der Waals surface area contributed by atoms with Crippen molar-refractivity contribution in [1.82, 2.24) is 5.32 Å². The van der Waals surface area contributed by atoms with E-state index in [1.165, 1.54) is 0 Å². The highest BCUT2D eigenvalue weighted by molar-refractivity contribution is 5.98. The van der Waals surface area contributed by atoms with Crippen molar-refractivity contribution in [3.63, 3.8) is 0 Å². The van der Waals surface area contributed by atoms with E-state index in [4.69, 9.17) is 4.74 Å². The number of carbonyl (C=O) groups excluding carboxylic acids is 2. The average Bonchev–Trinajstić information content (AvgIpc) is 1.98. The summed E-state index contributed by atoms with van der Waals surface area (Å²) in [5.74, 6) is -0.381. The quantitative estimate of drug-likeness (QED) is 0.731. The van der Waals surface area contributed by atoms with Gasteiger partial charge in [0.2, 0.25) is 0 Å². The minimum Gasteiger partial charge on any atom is -0.444 e. The van der Waals surface area contributed by atoms with Crippen LogP contribution in [0.15, 0.2) is 12.3 Å². The van der Waals surface area contributed by atoms with Crippen LogP contribution in [0.25, 0.3) is 0 Å². The molecule has 0 unspecified atom stereocenters. The topological polar surface area (TPSA) is 55.4 Å². The van der Waals surface area contributed by atoms with Gasteiger partial charge in [0, 0.05) is 5.92 Å². The molecule has 0 fully saturated rings. The second-order valence-corrected chi connectivity index (χ2v) is 4.62. The molecule has 0 aromatic heterocycles. The largest absolute Gasteiger partial charge is 0.444 e. The number of allylic oxidation sites excluding steroid dienone is 1. The van der Waals surface area contributed by atoms with Gasteiger partial charge in [-0.25, -0.2) is 4.79 Å². The van der Waals surface area contributed by atoms with Crippen LogP contribution in [-0.4, -0.2) is 17.5 Å². The normalized spacial score (nSPS) is 11.1. The van der Waals surface area contributed by atoms with E-state index in [-0.39, 0.29) is 17.4 Å². The lowest BCUT2D eigenvalue weighted by molar-refractivity contribution is -0.118. The minimum atomic E-state index is -0.651. The zero-order valence-electron chi connectivity index (χ0n) is 10.0. The highest BCUT2D eigenvalue weighted by Gasteiger charge is 2.19. The summed E-state index contributed by atoms with van der Waals surface area (Å²) in [6.07, 6.45) is -0.651. The van der Waals surface area contributed by atoms with Gasteiger partial charge in [-0.3, -0.25) is 10.1 Å². The summed E-state index contributed by atoms with van der Waals surface area (Å²) in [5, 5.41) is 2.31. The van der Waals surface area contributed by atoms with Crippen molar-refractivity contribution in [2.24, 2.45) is 5.92 Å². The predicted molar refractivity (Wildman–Crippen MR) is 58.4 cm³/mol. The van der Waals surface area contributed by atoms with Crippen molar-refractivity contribution in [1.29, 1.82) is 0 Å². The van der Waals surface area contributed by atoms with Gasteiger partial charge in [0.15, 0.2) is 5.78 Å². The van der Waals surface area contributed by atoms with Gasteiger partial charge in [-0.2, -0.15) is 0 Å². The Morgan fingerprint density at radius 3 is 2.07 bits per heavy atom. The summed E-state index contributed by atoms with van der Waals surface area (Å²) in [7, 11) is 0. The van der Waals surface area contributed by atoms with Crippen LogP contribution >= 0.6 is 0 Å². The number of hydrogen-bond acceptors (Lipinski definition) is 3. The molecule has 0 spiro atoms. The van der Waals surface area contributed by atoms with E-state index in [0.29, 0.717) is 0 Å². The number of amides is 1. The Hall–Kier alpha value is -1.32. The molecule has 0 radical (unpaired) electrons. The lowest BCUT2D eigenvalue weighted by Gasteiger charge is -2.20. The monoisotopic (exact) mass is 213 g/mol. The van der Waals surface area contributed by atoms with Crippen LogP contribution in [0.5, 0.6) is 0 Å². The van der Waals surface area contributed by atoms with E-state index in [0.717, 1.165) is 0 Å². The molecule has 0 aromatic rings. The highest BCUT2D eigenvalue weighted by atomic mass is 16.6. The minimum absolute atomic E-state index is 0.0688. The Kier molecular flexibility index (Phi) is 4.52. The summed E-state index contributed by atoms with van der Waals surface area (Å²) >= 11 is 0. The lowest BCUT2D eigenvalue weighted by atomic mass is 10.1. The number of ether oxygens (including phenoxy) is 1. The molecule has 4 nitrogen and oxygen atoms in total. The summed E-state index contributed by atoms with van der Waals surface area (Å²) < 4.78 is 4.98. The van der Waals surface area contributed by atoms with Gasteiger partial charge in [0.1, 0.15) is 5.60 Å². The van der Waals surface area contributed by atoms with Crippen LogP contribution in [0.1, 0.15) is 34.6 Å². The summed E-state index contributed by atoms with van der Waals surface area (Å²) in [4.78, 5) is 22.6. The van der Waals surface area contributed by atoms with Crippen molar-refractivity contribution < 1.29 is 14.3 Å². The van der Waals surface area contributed by atoms with Crippen LogP contribution < -0.4 is 5.32 Å². The van der Waals surface area contributed by atoms with E-state index in [1.54, 1.807) is 34.6 Å². The molecule has 86 valence electrons. The van der Waals surface area contributed by atoms with Gasteiger partial charge in [0.05, 0.1) is 5.70 Å². The second kappa shape index (κ2) is 4.96. The van der Waals surface area contributed by atoms with Gasteiger partial charge in [0.25, 0.3) is 0 Å². The van der Waals surface area contributed by atoms with Crippen LogP contribution in [0, 0.1) is 5.92 Å². The van der Waals surface area contributed by atoms with Gasteiger partial charge in [-0.1, -0.05) is 20.4 Å². The SMILES string of the molecule is C=C(NC(=O)OC(C)(C)C)C(=O)C(C)C. The van der Waals surface area contributed by atoms with Crippen molar-refractivity contribution in [3.8, 4) is 0 Å². The number of nitrogens with one attached hydrogen (secondary N) is 1. The van der Waals surface area contributed by atoms with Gasteiger partial charge in [-0.05, 0) is 20.8 Å². The predicted octanol–water partition coefficient (Wildman–Crippen LogP) is 2.25. The number of ketones is 1. The first-order chi connectivity index (χ1) is 6.63. The molecule has 0 saturated carbocycles. The molecule has 1 amide bonds. The first-order valence-electron chi connectivity index (χ1n) is 4.86. The first-order valence-corrected chi connectivity index (χ1v) is 4.86. The van der Waals surface area contributed by atoms with Crippen LogP contribution in [-0.2, 0) is 9.53 Å². The van der Waals surface area contributed by atoms with Crippen LogP contribution in [0.4, 0.5) is 4.79 Å². The Balaban J connectivity index is 4.20. The molecule has 0 saturated heterocycles. The Morgan fingerprint density at radius 2 is 1.73 bits per heavy atom. The third kappa shape index (κ3) is 5.88. The molecule has 0 heterocycles. The molecular weight excluding hydrogens is 194 g/mol. The summed E-state index contributed by atoms with van der Waals surface area (Å²) in [6.45, 7) is 12.2. The van der Waals surface area contributed by atoms with Gasteiger partial charge in [-0.15, -0.1) is 0 Å². The number of hydrogen-bond donors (Lipinski definition) is 1. The average molecular weight is 213 g/mol.